The molecule has 180 valence electrons. The number of ketones is 1. The van der Waals surface area contributed by atoms with Gasteiger partial charge in [-0.1, -0.05) is 58.0 Å². The van der Waals surface area contributed by atoms with Crippen molar-refractivity contribution in [2.45, 2.75) is 72.0 Å². The summed E-state index contributed by atoms with van der Waals surface area (Å²) in [6.45, 7) is 9.91. The maximum Gasteiger partial charge on any atom is 0.437 e. The number of Topliss-reactive ketones (excluding diaryl/α,β-unsaturated/α-hetero) is 1. The Hall–Kier alpha value is -2.74. The van der Waals surface area contributed by atoms with Crippen LogP contribution in [0, 0.1) is 11.8 Å². The number of hydrogen-bond acceptors (Lipinski definition) is 6. The zero-order valence-corrected chi connectivity index (χ0v) is 20.1. The van der Waals surface area contributed by atoms with Gasteiger partial charge < -0.3 is 9.73 Å². The standard InChI is InChI=1S/C25H36N4O4/c1-17(2)15-20(22(30)24-27-29(16-18(3)4)25(32)33-24)26-23(31)21-11-8-13-28(21)14-12-19-9-6-5-7-10-19/h5-7,9-10,17-18,20-21H,8,11-16H2,1-4H3,(H,26,31)/t20-,21-/m0/s1. The van der Waals surface area contributed by atoms with E-state index in [2.05, 4.69) is 27.4 Å². The van der Waals surface area contributed by atoms with E-state index >= 15 is 0 Å². The third-order valence-electron chi connectivity index (χ3n) is 5.89. The van der Waals surface area contributed by atoms with E-state index in [1.807, 2.05) is 45.9 Å². The van der Waals surface area contributed by atoms with Gasteiger partial charge in [-0.15, -0.1) is 5.10 Å². The van der Waals surface area contributed by atoms with Crippen molar-refractivity contribution in [3.05, 3.63) is 52.3 Å². The van der Waals surface area contributed by atoms with Gasteiger partial charge in [0.15, 0.2) is 0 Å². The predicted molar refractivity (Wildman–Crippen MR) is 126 cm³/mol. The fraction of sp³-hybridized carbons (Fsp3) is 0.600. The fourth-order valence-corrected chi connectivity index (χ4v) is 4.30. The number of nitrogens with zero attached hydrogens (tertiary/aromatic N) is 3. The van der Waals surface area contributed by atoms with E-state index in [1.165, 1.54) is 10.2 Å². The Morgan fingerprint density at radius 3 is 2.55 bits per heavy atom. The minimum absolute atomic E-state index is 0.150. The molecule has 1 saturated heterocycles. The van der Waals surface area contributed by atoms with Crippen molar-refractivity contribution in [3.63, 3.8) is 0 Å². The lowest BCUT2D eigenvalue weighted by molar-refractivity contribution is -0.126. The summed E-state index contributed by atoms with van der Waals surface area (Å²) < 4.78 is 6.32. The monoisotopic (exact) mass is 456 g/mol. The van der Waals surface area contributed by atoms with E-state index in [9.17, 15) is 14.4 Å². The van der Waals surface area contributed by atoms with Gasteiger partial charge in [-0.25, -0.2) is 4.79 Å². The molecule has 1 aliphatic heterocycles. The SMILES string of the molecule is CC(C)C[C@H](NC(=O)[C@@H]1CCCN1CCc1ccccc1)C(=O)c1nn(CC(C)C)c(=O)o1. The molecule has 1 N–H and O–H groups in total. The number of carbonyl (C=O) groups is 2. The molecule has 2 heterocycles. The minimum atomic E-state index is -0.778. The molecule has 0 unspecified atom stereocenters. The van der Waals surface area contributed by atoms with E-state index in [1.54, 1.807) is 0 Å². The minimum Gasteiger partial charge on any atom is -0.384 e. The summed E-state index contributed by atoms with van der Waals surface area (Å²) >= 11 is 0. The summed E-state index contributed by atoms with van der Waals surface area (Å²) in [5.74, 6) is -1.13. The van der Waals surface area contributed by atoms with Crippen molar-refractivity contribution >= 4 is 11.7 Å². The lowest BCUT2D eigenvalue weighted by atomic mass is 9.99. The maximum atomic E-state index is 13.2. The number of nitrogens with one attached hydrogen (secondary N) is 1. The Kier molecular flexibility index (Phi) is 8.61. The molecule has 0 bridgehead atoms. The van der Waals surface area contributed by atoms with Gasteiger partial charge in [-0.05, 0) is 49.6 Å². The molecule has 1 aliphatic rings. The van der Waals surface area contributed by atoms with Gasteiger partial charge in [0, 0.05) is 6.54 Å². The molecular formula is C25H36N4O4. The second kappa shape index (κ2) is 11.4. The second-order valence-corrected chi connectivity index (χ2v) is 9.73. The first-order chi connectivity index (χ1) is 15.7. The van der Waals surface area contributed by atoms with Crippen LogP contribution in [0.25, 0.3) is 0 Å². The summed E-state index contributed by atoms with van der Waals surface area (Å²) in [7, 11) is 0. The van der Waals surface area contributed by atoms with Crippen LogP contribution in [0.1, 0.15) is 63.2 Å². The number of amides is 1. The largest absolute Gasteiger partial charge is 0.437 e. The molecule has 3 rings (SSSR count). The van der Waals surface area contributed by atoms with Crippen molar-refractivity contribution in [3.8, 4) is 0 Å². The van der Waals surface area contributed by atoms with Gasteiger partial charge in [-0.3, -0.25) is 14.5 Å². The summed E-state index contributed by atoms with van der Waals surface area (Å²) in [6, 6.07) is 9.18. The first kappa shape index (κ1) is 24.9. The molecule has 1 aromatic carbocycles. The van der Waals surface area contributed by atoms with Crippen LogP contribution in [0.15, 0.2) is 39.5 Å². The van der Waals surface area contributed by atoms with Crippen molar-refractivity contribution in [1.82, 2.24) is 20.0 Å². The van der Waals surface area contributed by atoms with Crippen LogP contribution in [0.3, 0.4) is 0 Å². The highest BCUT2D eigenvalue weighted by Crippen LogP contribution is 2.19. The quantitative estimate of drug-likeness (QED) is 0.522. The third kappa shape index (κ3) is 6.87. The average molecular weight is 457 g/mol. The lowest BCUT2D eigenvalue weighted by Gasteiger charge is -2.26. The Morgan fingerprint density at radius 1 is 1.15 bits per heavy atom. The second-order valence-electron chi connectivity index (χ2n) is 9.73. The lowest BCUT2D eigenvalue weighted by Crippen LogP contribution is -2.50. The van der Waals surface area contributed by atoms with Crippen LogP contribution >= 0.6 is 0 Å². The predicted octanol–water partition coefficient (Wildman–Crippen LogP) is 2.91. The van der Waals surface area contributed by atoms with E-state index in [0.29, 0.717) is 13.0 Å². The summed E-state index contributed by atoms with van der Waals surface area (Å²) in [6.07, 6.45) is 3.03. The zero-order valence-electron chi connectivity index (χ0n) is 20.1. The smallest absolute Gasteiger partial charge is 0.384 e. The van der Waals surface area contributed by atoms with Gasteiger partial charge in [-0.2, -0.15) is 4.68 Å². The molecule has 0 aliphatic carbocycles. The average Bonchev–Trinajstić information content (AvgIpc) is 3.38. The molecule has 2 aromatic rings. The topological polar surface area (TPSA) is 97.4 Å². The van der Waals surface area contributed by atoms with Crippen LogP contribution in [0.5, 0.6) is 0 Å². The van der Waals surface area contributed by atoms with Crippen molar-refractivity contribution in [1.29, 1.82) is 0 Å². The number of aromatic nitrogens is 2. The summed E-state index contributed by atoms with van der Waals surface area (Å²) in [4.78, 5) is 40.6. The first-order valence-corrected chi connectivity index (χ1v) is 11.9. The van der Waals surface area contributed by atoms with Crippen molar-refractivity contribution < 1.29 is 14.0 Å². The fourth-order valence-electron chi connectivity index (χ4n) is 4.30. The van der Waals surface area contributed by atoms with Gasteiger partial charge >= 0.3 is 5.76 Å². The molecule has 0 spiro atoms. The van der Waals surface area contributed by atoms with Crippen LogP contribution in [0.2, 0.25) is 0 Å². The van der Waals surface area contributed by atoms with E-state index in [0.717, 1.165) is 32.4 Å². The number of rotatable bonds is 11. The molecule has 1 amide bonds. The molecule has 1 fully saturated rings. The van der Waals surface area contributed by atoms with Crippen LogP contribution < -0.4 is 11.1 Å². The Balaban J connectivity index is 1.68. The van der Waals surface area contributed by atoms with Gasteiger partial charge in [0.2, 0.25) is 11.7 Å². The molecular weight excluding hydrogens is 420 g/mol. The van der Waals surface area contributed by atoms with Crippen LogP contribution in [-0.4, -0.2) is 51.5 Å². The molecule has 0 saturated carbocycles. The molecule has 1 aromatic heterocycles. The zero-order chi connectivity index (χ0) is 24.0. The van der Waals surface area contributed by atoms with Crippen molar-refractivity contribution in [2.24, 2.45) is 11.8 Å². The third-order valence-corrected chi connectivity index (χ3v) is 5.89. The number of benzene rings is 1. The maximum absolute atomic E-state index is 13.2. The van der Waals surface area contributed by atoms with Crippen LogP contribution in [0.4, 0.5) is 0 Å². The molecule has 33 heavy (non-hydrogen) atoms. The van der Waals surface area contributed by atoms with E-state index in [4.69, 9.17) is 4.42 Å². The van der Waals surface area contributed by atoms with E-state index in [-0.39, 0.29) is 29.7 Å². The highest BCUT2D eigenvalue weighted by Gasteiger charge is 2.34. The van der Waals surface area contributed by atoms with E-state index < -0.39 is 17.6 Å². The molecule has 8 nitrogen and oxygen atoms in total. The summed E-state index contributed by atoms with van der Waals surface area (Å²) in [5, 5.41) is 7.03. The number of hydrogen-bond donors (Lipinski definition) is 1. The van der Waals surface area contributed by atoms with Crippen LogP contribution in [-0.2, 0) is 17.8 Å². The highest BCUT2D eigenvalue weighted by molar-refractivity contribution is 5.99. The number of likely N-dealkylation sites (tertiary alicyclic amines) is 1. The normalized spacial score (nSPS) is 17.6. The van der Waals surface area contributed by atoms with Crippen molar-refractivity contribution in [2.75, 3.05) is 13.1 Å². The Labute approximate surface area is 195 Å². The van der Waals surface area contributed by atoms with Gasteiger partial charge in [0.25, 0.3) is 5.89 Å². The Morgan fingerprint density at radius 2 is 1.88 bits per heavy atom. The Bertz CT molecular complexity index is 980. The number of carbonyl (C=O) groups excluding carboxylic acids is 2. The molecule has 2 atom stereocenters. The van der Waals surface area contributed by atoms with Gasteiger partial charge in [0.05, 0.1) is 18.6 Å². The molecule has 0 radical (unpaired) electrons. The molecule has 8 heteroatoms. The summed E-state index contributed by atoms with van der Waals surface area (Å²) in [5.41, 5.74) is 1.24. The van der Waals surface area contributed by atoms with Gasteiger partial charge in [0.1, 0.15) is 0 Å². The highest BCUT2D eigenvalue weighted by atomic mass is 16.4. The first-order valence-electron chi connectivity index (χ1n) is 11.9.